The third-order valence-corrected chi connectivity index (χ3v) is 3.43. The fourth-order valence-corrected chi connectivity index (χ4v) is 2.35. The smallest absolute Gasteiger partial charge is 0.289 e. The van der Waals surface area contributed by atoms with E-state index in [1.54, 1.807) is 4.68 Å². The Kier molecular flexibility index (Phi) is 3.61. The van der Waals surface area contributed by atoms with E-state index in [4.69, 9.17) is 4.63 Å². The van der Waals surface area contributed by atoms with E-state index in [2.05, 4.69) is 41.1 Å². The SMILES string of the molecule is Cc1cc(C)n(-c2nnc(Nc3nonc3-c3ccccc3)nn2)n1. The van der Waals surface area contributed by atoms with Gasteiger partial charge in [-0.15, -0.1) is 20.4 Å². The Balaban J connectivity index is 1.59. The van der Waals surface area contributed by atoms with Crippen LogP contribution in [0.5, 0.6) is 0 Å². The van der Waals surface area contributed by atoms with Gasteiger partial charge in [-0.2, -0.15) is 5.10 Å². The topological polar surface area (TPSA) is 120 Å². The van der Waals surface area contributed by atoms with Crippen molar-refractivity contribution in [1.82, 2.24) is 40.5 Å². The lowest BCUT2D eigenvalue weighted by Gasteiger charge is -2.03. The number of anilines is 2. The van der Waals surface area contributed by atoms with Crippen LogP contribution in [0.25, 0.3) is 17.2 Å². The van der Waals surface area contributed by atoms with Crippen LogP contribution in [0, 0.1) is 13.8 Å². The maximum absolute atomic E-state index is 4.81. The molecular weight excluding hydrogens is 322 g/mol. The summed E-state index contributed by atoms with van der Waals surface area (Å²) in [4.78, 5) is 0. The summed E-state index contributed by atoms with van der Waals surface area (Å²) in [5.74, 6) is 0.851. The van der Waals surface area contributed by atoms with Crippen LogP contribution < -0.4 is 5.32 Å². The van der Waals surface area contributed by atoms with Gasteiger partial charge in [-0.3, -0.25) is 0 Å². The lowest BCUT2D eigenvalue weighted by atomic mass is 10.1. The van der Waals surface area contributed by atoms with Gasteiger partial charge in [0.1, 0.15) is 0 Å². The fourth-order valence-electron chi connectivity index (χ4n) is 2.35. The van der Waals surface area contributed by atoms with Crippen LogP contribution in [0.2, 0.25) is 0 Å². The summed E-state index contributed by atoms with van der Waals surface area (Å²) in [7, 11) is 0. The number of rotatable bonds is 4. The Morgan fingerprint density at radius 3 is 2.40 bits per heavy atom. The molecule has 0 fully saturated rings. The molecule has 3 aromatic heterocycles. The molecule has 0 aliphatic rings. The first-order valence-electron chi connectivity index (χ1n) is 7.47. The summed E-state index contributed by atoms with van der Waals surface area (Å²) in [6.07, 6.45) is 0. The standard InChI is InChI=1S/C15H13N9O/c1-9-8-10(2)24(21-9)15-19-17-14(18-20-15)16-13-12(22-25-23-13)11-6-4-3-5-7-11/h3-8H,1-2H3,(H,16,17,18,23). The lowest BCUT2D eigenvalue weighted by molar-refractivity contribution is 0.310. The van der Waals surface area contributed by atoms with Crippen LogP contribution in [0.15, 0.2) is 41.0 Å². The molecule has 4 aromatic rings. The van der Waals surface area contributed by atoms with E-state index in [0.717, 1.165) is 17.0 Å². The summed E-state index contributed by atoms with van der Waals surface area (Å²) in [5.41, 5.74) is 3.16. The van der Waals surface area contributed by atoms with E-state index >= 15 is 0 Å². The van der Waals surface area contributed by atoms with Crippen LogP contribution >= 0.6 is 0 Å². The van der Waals surface area contributed by atoms with Gasteiger partial charge in [-0.25, -0.2) is 9.31 Å². The number of hydrogen-bond donors (Lipinski definition) is 1. The third-order valence-electron chi connectivity index (χ3n) is 3.43. The summed E-state index contributed by atoms with van der Waals surface area (Å²) >= 11 is 0. The summed E-state index contributed by atoms with van der Waals surface area (Å²) in [6, 6.07) is 11.4. The number of nitrogens with one attached hydrogen (secondary N) is 1. The van der Waals surface area contributed by atoms with E-state index in [1.165, 1.54) is 0 Å². The predicted molar refractivity (Wildman–Crippen MR) is 87.2 cm³/mol. The van der Waals surface area contributed by atoms with Crippen molar-refractivity contribution in [2.75, 3.05) is 5.32 Å². The Morgan fingerprint density at radius 2 is 1.72 bits per heavy atom. The number of nitrogens with zero attached hydrogens (tertiary/aromatic N) is 8. The molecule has 0 bridgehead atoms. The van der Waals surface area contributed by atoms with Crippen LogP contribution in [0.4, 0.5) is 11.8 Å². The third kappa shape index (κ3) is 2.92. The molecule has 0 atom stereocenters. The molecule has 0 saturated carbocycles. The maximum Gasteiger partial charge on any atom is 0.289 e. The lowest BCUT2D eigenvalue weighted by Crippen LogP contribution is -2.10. The highest BCUT2D eigenvalue weighted by Crippen LogP contribution is 2.25. The molecule has 124 valence electrons. The minimum Gasteiger partial charge on any atom is -0.301 e. The van der Waals surface area contributed by atoms with Crippen LogP contribution in [-0.4, -0.2) is 40.5 Å². The molecule has 1 aromatic carbocycles. The average molecular weight is 335 g/mol. The number of hydrogen-bond acceptors (Lipinski definition) is 9. The quantitative estimate of drug-likeness (QED) is 0.595. The first-order chi connectivity index (χ1) is 12.2. The largest absolute Gasteiger partial charge is 0.301 e. The molecule has 25 heavy (non-hydrogen) atoms. The average Bonchev–Trinajstić information content (AvgIpc) is 3.22. The minimum absolute atomic E-state index is 0.179. The zero-order valence-corrected chi connectivity index (χ0v) is 13.5. The van der Waals surface area contributed by atoms with Crippen molar-refractivity contribution in [3.63, 3.8) is 0 Å². The van der Waals surface area contributed by atoms with E-state index < -0.39 is 0 Å². The minimum atomic E-state index is 0.179. The molecule has 10 nitrogen and oxygen atoms in total. The zero-order valence-electron chi connectivity index (χ0n) is 13.5. The molecule has 0 spiro atoms. The normalized spacial score (nSPS) is 10.8. The van der Waals surface area contributed by atoms with Gasteiger partial charge in [-0.05, 0) is 30.2 Å². The second kappa shape index (κ2) is 6.07. The molecular formula is C15H13N9O. The van der Waals surface area contributed by atoms with E-state index in [-0.39, 0.29) is 11.9 Å². The Bertz CT molecular complexity index is 992. The first kappa shape index (κ1) is 14.9. The molecule has 0 aliphatic carbocycles. The maximum atomic E-state index is 4.81. The molecule has 0 unspecified atom stereocenters. The number of benzene rings is 1. The molecule has 4 rings (SSSR count). The van der Waals surface area contributed by atoms with Gasteiger partial charge in [-0.1, -0.05) is 30.3 Å². The Morgan fingerprint density at radius 1 is 0.960 bits per heavy atom. The highest BCUT2D eigenvalue weighted by Gasteiger charge is 2.14. The number of aromatic nitrogens is 8. The highest BCUT2D eigenvalue weighted by molar-refractivity contribution is 5.72. The zero-order chi connectivity index (χ0) is 17.2. The van der Waals surface area contributed by atoms with Gasteiger partial charge in [0, 0.05) is 11.3 Å². The van der Waals surface area contributed by atoms with Crippen LogP contribution in [-0.2, 0) is 0 Å². The van der Waals surface area contributed by atoms with Gasteiger partial charge in [0.2, 0.25) is 5.82 Å². The van der Waals surface area contributed by atoms with E-state index in [1.807, 2.05) is 50.2 Å². The molecule has 3 heterocycles. The van der Waals surface area contributed by atoms with Crippen molar-refractivity contribution >= 4 is 11.8 Å². The van der Waals surface area contributed by atoms with Gasteiger partial charge in [0.15, 0.2) is 5.69 Å². The van der Waals surface area contributed by atoms with Crippen molar-refractivity contribution in [3.05, 3.63) is 47.8 Å². The van der Waals surface area contributed by atoms with Crippen molar-refractivity contribution in [2.24, 2.45) is 0 Å². The molecule has 10 heteroatoms. The summed E-state index contributed by atoms with van der Waals surface area (Å²) in [5, 5.41) is 31.0. The van der Waals surface area contributed by atoms with E-state index in [0.29, 0.717) is 11.5 Å². The highest BCUT2D eigenvalue weighted by atomic mass is 16.6. The van der Waals surface area contributed by atoms with Gasteiger partial charge in [0.25, 0.3) is 11.9 Å². The second-order valence-corrected chi connectivity index (χ2v) is 5.31. The van der Waals surface area contributed by atoms with Crippen LogP contribution in [0.1, 0.15) is 11.4 Å². The van der Waals surface area contributed by atoms with E-state index in [9.17, 15) is 0 Å². The molecule has 0 amide bonds. The van der Waals surface area contributed by atoms with Crippen molar-refractivity contribution in [2.45, 2.75) is 13.8 Å². The molecule has 0 aliphatic heterocycles. The van der Waals surface area contributed by atoms with Gasteiger partial charge >= 0.3 is 0 Å². The molecule has 1 N–H and O–H groups in total. The Hall–Kier alpha value is -3.69. The van der Waals surface area contributed by atoms with Crippen LogP contribution in [0.3, 0.4) is 0 Å². The molecule has 0 saturated heterocycles. The predicted octanol–water partition coefficient (Wildman–Crippen LogP) is 1.86. The van der Waals surface area contributed by atoms with Gasteiger partial charge < -0.3 is 5.32 Å². The van der Waals surface area contributed by atoms with Crippen molar-refractivity contribution in [3.8, 4) is 17.2 Å². The molecule has 0 radical (unpaired) electrons. The second-order valence-electron chi connectivity index (χ2n) is 5.31. The van der Waals surface area contributed by atoms with Crippen molar-refractivity contribution < 1.29 is 4.63 Å². The Labute approximate surface area is 141 Å². The van der Waals surface area contributed by atoms with Gasteiger partial charge in [0.05, 0.1) is 5.69 Å². The summed E-state index contributed by atoms with van der Waals surface area (Å²) < 4.78 is 6.39. The number of aryl methyl sites for hydroxylation is 2. The monoisotopic (exact) mass is 335 g/mol. The summed E-state index contributed by atoms with van der Waals surface area (Å²) in [6.45, 7) is 3.80. The fraction of sp³-hybridized carbons (Fsp3) is 0.133. The first-order valence-corrected chi connectivity index (χ1v) is 7.47. The van der Waals surface area contributed by atoms with Crippen molar-refractivity contribution in [1.29, 1.82) is 0 Å².